The Morgan fingerprint density at radius 2 is 1.38 bits per heavy atom. The molecule has 0 aromatic rings. The molecule has 8 heteroatoms. The maximum atomic E-state index is 10.8. The van der Waals surface area contributed by atoms with Crippen molar-refractivity contribution in [1.82, 2.24) is 0 Å². The lowest BCUT2D eigenvalue weighted by Crippen LogP contribution is -2.52. The first kappa shape index (κ1) is 15.4. The second-order valence-corrected chi connectivity index (χ2v) is 3.29. The van der Waals surface area contributed by atoms with Gasteiger partial charge in [0.2, 0.25) is 0 Å². The molecule has 0 bridgehead atoms. The minimum absolute atomic E-state index is 0.866. The minimum atomic E-state index is -2.08. The van der Waals surface area contributed by atoms with Crippen LogP contribution in [0.4, 0.5) is 0 Å². The summed E-state index contributed by atoms with van der Waals surface area (Å²) in [6.45, 7) is -1.90. The Kier molecular flexibility index (Phi) is 6.60. The normalized spacial score (nSPS) is 20.9. The van der Waals surface area contributed by atoms with Gasteiger partial charge in [-0.3, -0.25) is 4.79 Å². The molecular weight excluding hydrogens is 224 g/mol. The number of aliphatic hydroxyl groups is 7. The maximum absolute atomic E-state index is 10.8. The average molecular weight is 240 g/mol. The van der Waals surface area contributed by atoms with E-state index in [2.05, 4.69) is 0 Å². The molecule has 7 N–H and O–H groups in total. The highest BCUT2D eigenvalue weighted by atomic mass is 16.4. The number of hydrogen-bond acceptors (Lipinski definition) is 8. The summed E-state index contributed by atoms with van der Waals surface area (Å²) in [7, 11) is 0. The van der Waals surface area contributed by atoms with E-state index in [0.717, 1.165) is 0 Å². The van der Waals surface area contributed by atoms with Crippen molar-refractivity contribution < 1.29 is 40.5 Å². The number of carbonyl (C=O) groups excluding carboxylic acids is 1. The van der Waals surface area contributed by atoms with Gasteiger partial charge in [-0.2, -0.15) is 0 Å². The monoisotopic (exact) mass is 240 g/mol. The number of carbonyl (C=O) groups is 1. The predicted molar refractivity (Wildman–Crippen MR) is 49.2 cm³/mol. The van der Waals surface area contributed by atoms with E-state index in [0.29, 0.717) is 0 Å². The summed E-state index contributed by atoms with van der Waals surface area (Å²) in [4.78, 5) is 10.8. The van der Waals surface area contributed by atoms with Crippen LogP contribution in [0, 0.1) is 0 Å². The van der Waals surface area contributed by atoms with E-state index < -0.39 is 49.5 Å². The maximum Gasteiger partial charge on any atom is 0.189 e. The van der Waals surface area contributed by atoms with E-state index in [1.165, 1.54) is 0 Å². The molecule has 8 nitrogen and oxygen atoms in total. The molecule has 0 saturated heterocycles. The van der Waals surface area contributed by atoms with E-state index in [1.54, 1.807) is 0 Å². The van der Waals surface area contributed by atoms with Crippen molar-refractivity contribution in [3.05, 3.63) is 0 Å². The lowest BCUT2D eigenvalue weighted by molar-refractivity contribution is -0.157. The summed E-state index contributed by atoms with van der Waals surface area (Å²) in [5.74, 6) is -1.14. The van der Waals surface area contributed by atoms with Gasteiger partial charge in [-0.15, -0.1) is 0 Å². The van der Waals surface area contributed by atoms with E-state index in [9.17, 15) is 15.0 Å². The molecule has 0 amide bonds. The smallest absolute Gasteiger partial charge is 0.189 e. The third-order valence-electron chi connectivity index (χ3n) is 2.09. The average Bonchev–Trinajstić information content (AvgIpc) is 2.32. The van der Waals surface area contributed by atoms with Crippen LogP contribution >= 0.6 is 0 Å². The predicted octanol–water partition coefficient (Wildman–Crippen LogP) is -4.66. The molecule has 0 spiro atoms. The van der Waals surface area contributed by atoms with Gasteiger partial charge in [-0.05, 0) is 0 Å². The Morgan fingerprint density at radius 1 is 0.875 bits per heavy atom. The standard InChI is InChI=1S/C8H16O8/c9-1-3(11)5(13)7(15)8(16)6(14)4(12)2-10/h3,5-11,13-16H,1-2H2/t3-,5-,6-,7-,8-/m1/s1. The lowest BCUT2D eigenvalue weighted by Gasteiger charge is -2.27. The van der Waals surface area contributed by atoms with E-state index in [-0.39, 0.29) is 0 Å². The van der Waals surface area contributed by atoms with Crippen LogP contribution in [-0.4, -0.2) is 85.3 Å². The number of rotatable bonds is 7. The third-order valence-corrected chi connectivity index (χ3v) is 2.09. The lowest BCUT2D eigenvalue weighted by atomic mass is 9.97. The molecule has 0 radical (unpaired) electrons. The second kappa shape index (κ2) is 6.86. The van der Waals surface area contributed by atoms with Crippen molar-refractivity contribution in [3.8, 4) is 0 Å². The summed E-state index contributed by atoms with van der Waals surface area (Å²) in [6.07, 6.45) is -9.84. The molecule has 0 aromatic carbocycles. The van der Waals surface area contributed by atoms with Crippen molar-refractivity contribution in [1.29, 1.82) is 0 Å². The molecule has 96 valence electrons. The molecular formula is C8H16O8. The number of hydrogen-bond donors (Lipinski definition) is 7. The van der Waals surface area contributed by atoms with Crippen LogP contribution in [0.1, 0.15) is 0 Å². The van der Waals surface area contributed by atoms with Crippen molar-refractivity contribution in [2.75, 3.05) is 13.2 Å². The zero-order valence-corrected chi connectivity index (χ0v) is 8.34. The third kappa shape index (κ3) is 3.76. The molecule has 5 atom stereocenters. The van der Waals surface area contributed by atoms with Crippen LogP contribution in [-0.2, 0) is 4.79 Å². The number of ketones is 1. The van der Waals surface area contributed by atoms with Gasteiger partial charge in [0.1, 0.15) is 37.1 Å². The molecule has 0 heterocycles. The first-order valence-corrected chi connectivity index (χ1v) is 4.51. The molecule has 0 aliphatic rings. The van der Waals surface area contributed by atoms with Gasteiger partial charge >= 0.3 is 0 Å². The Bertz CT molecular complexity index is 220. The second-order valence-electron chi connectivity index (χ2n) is 3.29. The Hall–Kier alpha value is -0.610. The zero-order valence-electron chi connectivity index (χ0n) is 8.34. The fourth-order valence-corrected chi connectivity index (χ4v) is 1.01. The number of aliphatic hydroxyl groups excluding tert-OH is 7. The fraction of sp³-hybridized carbons (Fsp3) is 0.875. The highest BCUT2D eigenvalue weighted by Crippen LogP contribution is 2.09. The van der Waals surface area contributed by atoms with Crippen molar-refractivity contribution in [3.63, 3.8) is 0 Å². The van der Waals surface area contributed by atoms with Crippen LogP contribution in [0.15, 0.2) is 0 Å². The van der Waals surface area contributed by atoms with Gasteiger partial charge in [-0.1, -0.05) is 0 Å². The molecule has 0 aliphatic carbocycles. The summed E-state index contributed by atoms with van der Waals surface area (Å²) < 4.78 is 0. The highest BCUT2D eigenvalue weighted by Gasteiger charge is 2.36. The molecule has 0 saturated carbocycles. The van der Waals surface area contributed by atoms with Gasteiger partial charge in [0.05, 0.1) is 6.61 Å². The Morgan fingerprint density at radius 3 is 1.75 bits per heavy atom. The highest BCUT2D eigenvalue weighted by molar-refractivity contribution is 5.84. The first-order valence-electron chi connectivity index (χ1n) is 4.51. The van der Waals surface area contributed by atoms with Crippen LogP contribution in [0.25, 0.3) is 0 Å². The molecule has 0 rings (SSSR count). The Balaban J connectivity index is 4.47. The van der Waals surface area contributed by atoms with Crippen LogP contribution in [0.5, 0.6) is 0 Å². The fourth-order valence-electron chi connectivity index (χ4n) is 1.01. The summed E-state index contributed by atoms with van der Waals surface area (Å²) >= 11 is 0. The molecule has 0 aromatic heterocycles. The van der Waals surface area contributed by atoms with Crippen molar-refractivity contribution in [2.45, 2.75) is 30.5 Å². The Labute approximate surface area is 91.0 Å². The van der Waals surface area contributed by atoms with E-state index in [4.69, 9.17) is 25.5 Å². The quantitative estimate of drug-likeness (QED) is 0.234. The van der Waals surface area contributed by atoms with E-state index >= 15 is 0 Å². The van der Waals surface area contributed by atoms with Crippen LogP contribution in [0.3, 0.4) is 0 Å². The van der Waals surface area contributed by atoms with Gasteiger partial charge < -0.3 is 35.7 Å². The molecule has 0 aliphatic heterocycles. The van der Waals surface area contributed by atoms with Crippen LogP contribution < -0.4 is 0 Å². The van der Waals surface area contributed by atoms with Gasteiger partial charge in [0.15, 0.2) is 5.78 Å². The SMILES string of the molecule is O=C(CO)[C@@H](O)[C@@H](O)[C@H](O)[C@H](O)[C@H](O)CO. The topological polar surface area (TPSA) is 159 Å². The van der Waals surface area contributed by atoms with Gasteiger partial charge in [-0.25, -0.2) is 0 Å². The van der Waals surface area contributed by atoms with E-state index in [1.807, 2.05) is 0 Å². The van der Waals surface area contributed by atoms with Gasteiger partial charge in [0, 0.05) is 0 Å². The molecule has 0 fully saturated rings. The zero-order chi connectivity index (χ0) is 12.9. The molecule has 0 unspecified atom stereocenters. The molecule has 16 heavy (non-hydrogen) atoms. The van der Waals surface area contributed by atoms with Gasteiger partial charge in [0.25, 0.3) is 0 Å². The summed E-state index contributed by atoms with van der Waals surface area (Å²) in [5, 5.41) is 62.5. The summed E-state index contributed by atoms with van der Waals surface area (Å²) in [6, 6.07) is 0. The number of Topliss-reactive ketones (excluding diaryl/α,β-unsaturated/α-hetero) is 1. The largest absolute Gasteiger partial charge is 0.394 e. The minimum Gasteiger partial charge on any atom is -0.394 e. The summed E-state index contributed by atoms with van der Waals surface area (Å²) in [5.41, 5.74) is 0. The van der Waals surface area contributed by atoms with Crippen LogP contribution in [0.2, 0.25) is 0 Å². The van der Waals surface area contributed by atoms with Crippen molar-refractivity contribution in [2.24, 2.45) is 0 Å². The van der Waals surface area contributed by atoms with Crippen molar-refractivity contribution >= 4 is 5.78 Å². The first-order chi connectivity index (χ1) is 7.36.